The van der Waals surface area contributed by atoms with E-state index >= 15 is 0 Å². The smallest absolute Gasteiger partial charge is 0.409 e. The summed E-state index contributed by atoms with van der Waals surface area (Å²) >= 11 is 0. The van der Waals surface area contributed by atoms with Gasteiger partial charge in [0.2, 0.25) is 0 Å². The van der Waals surface area contributed by atoms with Crippen LogP contribution in [-0.2, 0) is 4.74 Å². The quantitative estimate of drug-likeness (QED) is 0.855. The van der Waals surface area contributed by atoms with Crippen molar-refractivity contribution < 1.29 is 19.4 Å². The third-order valence-electron chi connectivity index (χ3n) is 2.80. The summed E-state index contributed by atoms with van der Waals surface area (Å²) in [7, 11) is 1.51. The first-order chi connectivity index (χ1) is 8.70. The fraction of sp³-hybridized carbons (Fsp3) is 0.417. The molecule has 0 spiro atoms. The predicted molar refractivity (Wildman–Crippen MR) is 67.7 cm³/mol. The van der Waals surface area contributed by atoms with Crippen molar-refractivity contribution in [3.63, 3.8) is 0 Å². The van der Waals surface area contributed by atoms with E-state index in [1.165, 1.54) is 7.11 Å². The van der Waals surface area contributed by atoms with E-state index < -0.39 is 6.09 Å². The third-order valence-corrected chi connectivity index (χ3v) is 2.80. The number of benzene rings is 1. The fourth-order valence-electron chi connectivity index (χ4n) is 1.93. The van der Waals surface area contributed by atoms with Crippen molar-refractivity contribution in [3.05, 3.63) is 18.2 Å². The number of rotatable bonds is 3. The van der Waals surface area contributed by atoms with E-state index in [9.17, 15) is 4.79 Å². The summed E-state index contributed by atoms with van der Waals surface area (Å²) in [5.74, 6) is 0.509. The van der Waals surface area contributed by atoms with Crippen LogP contribution in [0.15, 0.2) is 18.2 Å². The molecular weight excluding hydrogens is 236 g/mol. The van der Waals surface area contributed by atoms with Gasteiger partial charge in [-0.3, -0.25) is 5.32 Å². The number of carboxylic acid groups (broad SMARTS) is 1. The first-order valence-electron chi connectivity index (χ1n) is 5.71. The average Bonchev–Trinajstić information content (AvgIpc) is 2.39. The summed E-state index contributed by atoms with van der Waals surface area (Å²) in [6.45, 7) is 2.99. The second-order valence-electron chi connectivity index (χ2n) is 3.91. The topological polar surface area (TPSA) is 71.0 Å². The summed E-state index contributed by atoms with van der Waals surface area (Å²) < 4.78 is 10.4. The molecule has 6 nitrogen and oxygen atoms in total. The van der Waals surface area contributed by atoms with Crippen LogP contribution < -0.4 is 15.0 Å². The molecule has 18 heavy (non-hydrogen) atoms. The van der Waals surface area contributed by atoms with Crippen molar-refractivity contribution in [1.29, 1.82) is 0 Å². The molecule has 1 aromatic rings. The van der Waals surface area contributed by atoms with Crippen LogP contribution in [0.1, 0.15) is 0 Å². The first kappa shape index (κ1) is 12.5. The lowest BCUT2D eigenvalue weighted by molar-refractivity contribution is 0.122. The lowest BCUT2D eigenvalue weighted by atomic mass is 10.2. The third kappa shape index (κ3) is 2.84. The van der Waals surface area contributed by atoms with Crippen LogP contribution in [0.25, 0.3) is 0 Å². The van der Waals surface area contributed by atoms with Crippen LogP contribution in [-0.4, -0.2) is 44.6 Å². The van der Waals surface area contributed by atoms with Gasteiger partial charge in [0.15, 0.2) is 0 Å². The number of ether oxygens (including phenoxy) is 2. The van der Waals surface area contributed by atoms with Crippen LogP contribution in [0.4, 0.5) is 16.2 Å². The van der Waals surface area contributed by atoms with E-state index in [-0.39, 0.29) is 0 Å². The Morgan fingerprint density at radius 1 is 1.44 bits per heavy atom. The van der Waals surface area contributed by atoms with Crippen molar-refractivity contribution in [1.82, 2.24) is 0 Å². The fourth-order valence-corrected chi connectivity index (χ4v) is 1.93. The van der Waals surface area contributed by atoms with Gasteiger partial charge in [-0.15, -0.1) is 0 Å². The number of anilines is 2. The summed E-state index contributed by atoms with van der Waals surface area (Å²) in [5.41, 5.74) is 1.41. The van der Waals surface area contributed by atoms with Gasteiger partial charge in [0.1, 0.15) is 5.75 Å². The Balaban J connectivity index is 2.23. The zero-order valence-corrected chi connectivity index (χ0v) is 10.2. The van der Waals surface area contributed by atoms with Crippen molar-refractivity contribution in [3.8, 4) is 5.75 Å². The van der Waals surface area contributed by atoms with Crippen molar-refractivity contribution >= 4 is 17.5 Å². The average molecular weight is 252 g/mol. The van der Waals surface area contributed by atoms with E-state index in [1.54, 1.807) is 12.1 Å². The molecule has 1 saturated heterocycles. The lowest BCUT2D eigenvalue weighted by Crippen LogP contribution is -2.36. The van der Waals surface area contributed by atoms with Crippen LogP contribution >= 0.6 is 0 Å². The Labute approximate surface area is 105 Å². The minimum absolute atomic E-state index is 0.453. The number of nitrogens with zero attached hydrogens (tertiary/aromatic N) is 1. The van der Waals surface area contributed by atoms with Crippen molar-refractivity contribution in [2.45, 2.75) is 0 Å². The molecule has 1 heterocycles. The second-order valence-corrected chi connectivity index (χ2v) is 3.91. The van der Waals surface area contributed by atoms with E-state index in [1.807, 2.05) is 6.07 Å². The molecule has 2 rings (SSSR count). The van der Waals surface area contributed by atoms with E-state index in [2.05, 4.69) is 10.2 Å². The molecule has 0 aliphatic carbocycles. The summed E-state index contributed by atoms with van der Waals surface area (Å²) in [6.07, 6.45) is -1.10. The van der Waals surface area contributed by atoms with Gasteiger partial charge in [-0.25, -0.2) is 4.79 Å². The molecule has 1 aliphatic heterocycles. The molecule has 0 atom stereocenters. The number of methoxy groups -OCH3 is 1. The monoisotopic (exact) mass is 252 g/mol. The molecule has 1 aromatic carbocycles. The number of amides is 1. The molecule has 6 heteroatoms. The van der Waals surface area contributed by atoms with Gasteiger partial charge >= 0.3 is 6.09 Å². The van der Waals surface area contributed by atoms with Gasteiger partial charge < -0.3 is 19.5 Å². The number of morpholine rings is 1. The van der Waals surface area contributed by atoms with Gasteiger partial charge in [0, 0.05) is 18.8 Å². The molecule has 0 radical (unpaired) electrons. The maximum Gasteiger partial charge on any atom is 0.409 e. The predicted octanol–water partition coefficient (Wildman–Crippen LogP) is 1.62. The Morgan fingerprint density at radius 2 is 2.17 bits per heavy atom. The van der Waals surface area contributed by atoms with Crippen LogP contribution in [0.5, 0.6) is 5.75 Å². The number of hydrogen-bond acceptors (Lipinski definition) is 4. The number of hydrogen-bond donors (Lipinski definition) is 2. The molecule has 1 amide bonds. The van der Waals surface area contributed by atoms with E-state index in [4.69, 9.17) is 14.6 Å². The Morgan fingerprint density at radius 3 is 2.78 bits per heavy atom. The first-order valence-corrected chi connectivity index (χ1v) is 5.71. The van der Waals surface area contributed by atoms with Crippen LogP contribution in [0.3, 0.4) is 0 Å². The van der Waals surface area contributed by atoms with Crippen LogP contribution in [0.2, 0.25) is 0 Å². The largest absolute Gasteiger partial charge is 0.495 e. The standard InChI is InChI=1S/C12H16N2O4/c1-17-11-3-2-9(8-10(11)13-12(15)16)14-4-6-18-7-5-14/h2-3,8,13H,4-7H2,1H3,(H,15,16). The molecule has 98 valence electrons. The zero-order chi connectivity index (χ0) is 13.0. The summed E-state index contributed by atoms with van der Waals surface area (Å²) in [6, 6.07) is 5.45. The number of nitrogens with one attached hydrogen (secondary N) is 1. The van der Waals surface area contributed by atoms with Gasteiger partial charge in [-0.1, -0.05) is 0 Å². The van der Waals surface area contributed by atoms with Crippen LogP contribution in [0, 0.1) is 0 Å². The highest BCUT2D eigenvalue weighted by Gasteiger charge is 2.14. The van der Waals surface area contributed by atoms with E-state index in [0.29, 0.717) is 24.7 Å². The molecule has 0 saturated carbocycles. The summed E-state index contributed by atoms with van der Waals surface area (Å²) in [5, 5.41) is 11.1. The highest BCUT2D eigenvalue weighted by atomic mass is 16.5. The normalized spacial score (nSPS) is 15.3. The molecule has 2 N–H and O–H groups in total. The second kappa shape index (κ2) is 5.59. The van der Waals surface area contributed by atoms with Gasteiger partial charge in [0.05, 0.1) is 26.0 Å². The maximum absolute atomic E-state index is 10.7. The molecule has 1 fully saturated rings. The Hall–Kier alpha value is -1.95. The Kier molecular flexibility index (Phi) is 3.88. The minimum Gasteiger partial charge on any atom is -0.495 e. The number of carbonyl (C=O) groups is 1. The molecule has 0 aromatic heterocycles. The van der Waals surface area contributed by atoms with E-state index in [0.717, 1.165) is 18.8 Å². The molecular formula is C12H16N2O4. The van der Waals surface area contributed by atoms with Gasteiger partial charge in [0.25, 0.3) is 0 Å². The zero-order valence-electron chi connectivity index (χ0n) is 10.2. The van der Waals surface area contributed by atoms with Gasteiger partial charge in [-0.2, -0.15) is 0 Å². The summed E-state index contributed by atoms with van der Waals surface area (Å²) in [4.78, 5) is 12.9. The van der Waals surface area contributed by atoms with Gasteiger partial charge in [-0.05, 0) is 18.2 Å². The van der Waals surface area contributed by atoms with Crippen molar-refractivity contribution in [2.24, 2.45) is 0 Å². The minimum atomic E-state index is -1.10. The molecule has 0 bridgehead atoms. The maximum atomic E-state index is 10.7. The van der Waals surface area contributed by atoms with Crippen molar-refractivity contribution in [2.75, 3.05) is 43.6 Å². The lowest BCUT2D eigenvalue weighted by Gasteiger charge is -2.29. The SMILES string of the molecule is COc1ccc(N2CCOCC2)cc1NC(=O)O. The molecule has 1 aliphatic rings. The molecule has 0 unspecified atom stereocenters. The highest BCUT2D eigenvalue weighted by Crippen LogP contribution is 2.29. The highest BCUT2D eigenvalue weighted by molar-refractivity contribution is 5.86. The Bertz CT molecular complexity index is 430.